The predicted octanol–water partition coefficient (Wildman–Crippen LogP) is 6.05. The van der Waals surface area contributed by atoms with Crippen LogP contribution in [0.2, 0.25) is 0 Å². The average Bonchev–Trinajstić information content (AvgIpc) is 2.66. The maximum Gasteiger partial charge on any atom is 0.242 e. The molecule has 0 saturated heterocycles. The van der Waals surface area contributed by atoms with Gasteiger partial charge < -0.3 is 5.32 Å². The van der Waals surface area contributed by atoms with E-state index in [9.17, 15) is 13.6 Å². The van der Waals surface area contributed by atoms with Crippen LogP contribution in [0, 0.1) is 25.5 Å². The van der Waals surface area contributed by atoms with Gasteiger partial charge in [0.1, 0.15) is 5.25 Å². The van der Waals surface area contributed by atoms with E-state index in [0.29, 0.717) is 4.90 Å². The first-order valence-electron chi connectivity index (χ1n) is 8.49. The zero-order valence-electron chi connectivity index (χ0n) is 15.0. The third-order valence-corrected chi connectivity index (χ3v) is 5.38. The van der Waals surface area contributed by atoms with Crippen LogP contribution in [-0.2, 0) is 4.79 Å². The van der Waals surface area contributed by atoms with Crippen molar-refractivity contribution in [3.8, 4) is 0 Å². The van der Waals surface area contributed by atoms with Crippen LogP contribution >= 0.6 is 11.8 Å². The third kappa shape index (κ3) is 4.74. The molecule has 0 aliphatic carbocycles. The summed E-state index contributed by atoms with van der Waals surface area (Å²) in [5.74, 6) is -2.05. The molecule has 0 saturated carbocycles. The minimum absolute atomic E-state index is 0.218. The molecule has 3 aromatic rings. The van der Waals surface area contributed by atoms with Gasteiger partial charge in [0.05, 0.1) is 0 Å². The molecule has 0 fully saturated rings. The Morgan fingerprint density at radius 1 is 0.926 bits per heavy atom. The van der Waals surface area contributed by atoms with Crippen LogP contribution in [0.15, 0.2) is 71.6 Å². The summed E-state index contributed by atoms with van der Waals surface area (Å²) in [6.45, 7) is 3.88. The maximum absolute atomic E-state index is 13.6. The smallest absolute Gasteiger partial charge is 0.242 e. The lowest BCUT2D eigenvalue weighted by molar-refractivity contribution is -0.115. The van der Waals surface area contributed by atoms with Crippen LogP contribution in [0.3, 0.4) is 0 Å². The lowest BCUT2D eigenvalue weighted by Crippen LogP contribution is -2.19. The molecular formula is C22H19F2NOS. The zero-order valence-corrected chi connectivity index (χ0v) is 15.8. The molecule has 1 atom stereocenters. The van der Waals surface area contributed by atoms with E-state index >= 15 is 0 Å². The molecule has 0 aliphatic rings. The molecular weight excluding hydrogens is 364 g/mol. The van der Waals surface area contributed by atoms with E-state index in [4.69, 9.17) is 0 Å². The number of benzene rings is 3. The summed E-state index contributed by atoms with van der Waals surface area (Å²) in [6, 6.07) is 18.8. The van der Waals surface area contributed by atoms with Crippen molar-refractivity contribution in [1.29, 1.82) is 0 Å². The summed E-state index contributed by atoms with van der Waals surface area (Å²) in [4.78, 5) is 13.5. The number of carbonyl (C=O) groups is 1. The monoisotopic (exact) mass is 383 g/mol. The van der Waals surface area contributed by atoms with Crippen molar-refractivity contribution in [3.05, 3.63) is 95.1 Å². The van der Waals surface area contributed by atoms with Crippen molar-refractivity contribution in [1.82, 2.24) is 0 Å². The van der Waals surface area contributed by atoms with Crippen LogP contribution in [0.4, 0.5) is 14.5 Å². The fraction of sp³-hybridized carbons (Fsp3) is 0.136. The Kier molecular flexibility index (Phi) is 5.91. The summed E-state index contributed by atoms with van der Waals surface area (Å²) in [6.07, 6.45) is 0. The highest BCUT2D eigenvalue weighted by Crippen LogP contribution is 2.37. The van der Waals surface area contributed by atoms with Crippen molar-refractivity contribution in [2.24, 2.45) is 0 Å². The van der Waals surface area contributed by atoms with Gasteiger partial charge in [0.25, 0.3) is 0 Å². The summed E-state index contributed by atoms with van der Waals surface area (Å²) in [5, 5.41) is 2.37. The summed E-state index contributed by atoms with van der Waals surface area (Å²) in [5.41, 5.74) is 3.53. The highest BCUT2D eigenvalue weighted by molar-refractivity contribution is 8.00. The molecule has 2 nitrogen and oxygen atoms in total. The highest BCUT2D eigenvalue weighted by atomic mass is 32.2. The van der Waals surface area contributed by atoms with E-state index < -0.39 is 16.9 Å². The van der Waals surface area contributed by atoms with Crippen LogP contribution in [0.1, 0.15) is 21.9 Å². The molecule has 5 heteroatoms. The molecule has 0 radical (unpaired) electrons. The second-order valence-electron chi connectivity index (χ2n) is 6.29. The number of halogens is 2. The maximum atomic E-state index is 13.6. The lowest BCUT2D eigenvalue weighted by atomic mass is 10.1. The number of hydrogen-bond acceptors (Lipinski definition) is 2. The van der Waals surface area contributed by atoms with Crippen LogP contribution in [0.25, 0.3) is 0 Å². The molecule has 0 aromatic heterocycles. The number of hydrogen-bond donors (Lipinski definition) is 1. The van der Waals surface area contributed by atoms with Crippen LogP contribution in [0.5, 0.6) is 0 Å². The van der Waals surface area contributed by atoms with E-state index in [1.54, 1.807) is 0 Å². The molecule has 27 heavy (non-hydrogen) atoms. The van der Waals surface area contributed by atoms with Crippen molar-refractivity contribution in [2.75, 3.05) is 5.32 Å². The molecule has 3 aromatic carbocycles. The van der Waals surface area contributed by atoms with Gasteiger partial charge in [-0.15, -0.1) is 11.8 Å². The van der Waals surface area contributed by atoms with E-state index in [1.165, 1.54) is 17.8 Å². The number of nitrogens with one attached hydrogen (secondary N) is 1. The van der Waals surface area contributed by atoms with Crippen LogP contribution < -0.4 is 5.32 Å². The Bertz CT molecular complexity index is 960. The first-order chi connectivity index (χ1) is 12.9. The van der Waals surface area contributed by atoms with E-state index in [0.717, 1.165) is 34.5 Å². The lowest BCUT2D eigenvalue weighted by Gasteiger charge is -2.18. The van der Waals surface area contributed by atoms with Gasteiger partial charge >= 0.3 is 0 Å². The quantitative estimate of drug-likeness (QED) is 0.543. The standard InChI is InChI=1S/C22H19F2NOS/c1-14-8-9-15(2)20(12-14)25-22(26)21(16-6-4-3-5-7-16)27-17-10-11-18(23)19(24)13-17/h3-13,21H,1-2H3,(H,25,26)/t21-/m0/s1. The molecule has 3 rings (SSSR count). The van der Waals surface area contributed by atoms with Gasteiger partial charge in [-0.05, 0) is 54.8 Å². The number of carbonyl (C=O) groups excluding carboxylic acids is 1. The van der Waals surface area contributed by atoms with Crippen molar-refractivity contribution >= 4 is 23.4 Å². The highest BCUT2D eigenvalue weighted by Gasteiger charge is 2.23. The molecule has 0 unspecified atom stereocenters. The van der Waals surface area contributed by atoms with E-state index in [-0.39, 0.29) is 5.91 Å². The normalized spacial score (nSPS) is 11.9. The zero-order chi connectivity index (χ0) is 19.4. The van der Waals surface area contributed by atoms with Crippen molar-refractivity contribution in [3.63, 3.8) is 0 Å². The largest absolute Gasteiger partial charge is 0.325 e. The Balaban J connectivity index is 1.90. The first kappa shape index (κ1) is 19.1. The predicted molar refractivity (Wildman–Crippen MR) is 106 cm³/mol. The average molecular weight is 383 g/mol. The minimum atomic E-state index is -0.929. The second-order valence-corrected chi connectivity index (χ2v) is 7.47. The summed E-state index contributed by atoms with van der Waals surface area (Å²) < 4.78 is 26.8. The molecule has 1 N–H and O–H groups in total. The number of aryl methyl sites for hydroxylation is 2. The van der Waals surface area contributed by atoms with Gasteiger partial charge in [0.15, 0.2) is 11.6 Å². The Hall–Kier alpha value is -2.66. The molecule has 1 amide bonds. The Morgan fingerprint density at radius 3 is 2.37 bits per heavy atom. The van der Waals surface area contributed by atoms with Crippen molar-refractivity contribution < 1.29 is 13.6 Å². The number of anilines is 1. The fourth-order valence-electron chi connectivity index (χ4n) is 2.66. The fourth-order valence-corrected chi connectivity index (χ4v) is 3.71. The van der Waals surface area contributed by atoms with E-state index in [1.807, 2.05) is 62.4 Å². The molecule has 0 spiro atoms. The van der Waals surface area contributed by atoms with Gasteiger partial charge in [-0.25, -0.2) is 8.78 Å². The number of amides is 1. The number of rotatable bonds is 5. The molecule has 138 valence electrons. The SMILES string of the molecule is Cc1ccc(C)c(NC(=O)[C@@H](Sc2ccc(F)c(F)c2)c2ccccc2)c1. The Morgan fingerprint density at radius 2 is 1.67 bits per heavy atom. The van der Waals surface area contributed by atoms with Crippen LogP contribution in [-0.4, -0.2) is 5.91 Å². The van der Waals surface area contributed by atoms with Crippen molar-refractivity contribution in [2.45, 2.75) is 24.0 Å². The topological polar surface area (TPSA) is 29.1 Å². The van der Waals surface area contributed by atoms with Gasteiger partial charge in [-0.2, -0.15) is 0 Å². The number of thioether (sulfide) groups is 1. The van der Waals surface area contributed by atoms with Gasteiger partial charge in [-0.1, -0.05) is 42.5 Å². The summed E-state index contributed by atoms with van der Waals surface area (Å²) in [7, 11) is 0. The molecule has 0 aliphatic heterocycles. The van der Waals surface area contributed by atoms with Gasteiger partial charge in [0.2, 0.25) is 5.91 Å². The second kappa shape index (κ2) is 8.35. The van der Waals surface area contributed by atoms with Gasteiger partial charge in [-0.3, -0.25) is 4.79 Å². The molecule has 0 heterocycles. The van der Waals surface area contributed by atoms with E-state index in [2.05, 4.69) is 5.32 Å². The third-order valence-electron chi connectivity index (χ3n) is 4.14. The molecule has 0 bridgehead atoms. The van der Waals surface area contributed by atoms with Gasteiger partial charge in [0, 0.05) is 10.6 Å². The minimum Gasteiger partial charge on any atom is -0.325 e. The Labute approximate surface area is 161 Å². The summed E-state index contributed by atoms with van der Waals surface area (Å²) >= 11 is 1.18. The first-order valence-corrected chi connectivity index (χ1v) is 9.37.